The molecule has 0 atom stereocenters. The van der Waals surface area contributed by atoms with Crippen LogP contribution in [0.2, 0.25) is 0 Å². The lowest BCUT2D eigenvalue weighted by atomic mass is 10.1. The van der Waals surface area contributed by atoms with E-state index in [-0.39, 0.29) is 11.5 Å². The number of aryl methyl sites for hydroxylation is 1. The molecule has 1 aromatic carbocycles. The molecule has 0 radical (unpaired) electrons. The highest BCUT2D eigenvalue weighted by Crippen LogP contribution is 2.38. The van der Waals surface area contributed by atoms with Crippen molar-refractivity contribution < 1.29 is 19.4 Å². The smallest absolute Gasteiger partial charge is 0.335 e. The zero-order valence-corrected chi connectivity index (χ0v) is 15.1. The topological polar surface area (TPSA) is 75.6 Å². The highest BCUT2D eigenvalue weighted by atomic mass is 79.9. The number of aromatic carboxylic acids is 1. The molecule has 5 nitrogen and oxygen atoms in total. The summed E-state index contributed by atoms with van der Waals surface area (Å²) in [6.45, 7) is 2.32. The van der Waals surface area contributed by atoms with Gasteiger partial charge in [0.15, 0.2) is 5.75 Å². The Hall–Kier alpha value is -1.86. The van der Waals surface area contributed by atoms with Crippen molar-refractivity contribution in [1.82, 2.24) is 5.32 Å². The Kier molecular flexibility index (Phi) is 5.79. The van der Waals surface area contributed by atoms with Crippen molar-refractivity contribution >= 4 is 39.1 Å². The SMILES string of the molecule is COc1c(C(=O)NCCc2cccc(C(=O)O)c2)sc(C)c1Br. The van der Waals surface area contributed by atoms with Gasteiger partial charge >= 0.3 is 5.97 Å². The zero-order chi connectivity index (χ0) is 17.0. The van der Waals surface area contributed by atoms with Gasteiger partial charge in [0.2, 0.25) is 0 Å². The van der Waals surface area contributed by atoms with Crippen LogP contribution < -0.4 is 10.1 Å². The van der Waals surface area contributed by atoms with Gasteiger partial charge in [-0.15, -0.1) is 11.3 Å². The number of amides is 1. The van der Waals surface area contributed by atoms with Crippen LogP contribution in [0.1, 0.15) is 30.5 Å². The number of halogens is 1. The Morgan fingerprint density at radius 3 is 2.78 bits per heavy atom. The van der Waals surface area contributed by atoms with Crippen molar-refractivity contribution in [2.75, 3.05) is 13.7 Å². The Labute approximate surface area is 146 Å². The molecule has 1 amide bonds. The molecule has 0 unspecified atom stereocenters. The molecule has 2 aromatic rings. The van der Waals surface area contributed by atoms with Crippen LogP contribution in [0, 0.1) is 6.92 Å². The summed E-state index contributed by atoms with van der Waals surface area (Å²) >= 11 is 4.77. The van der Waals surface area contributed by atoms with Crippen molar-refractivity contribution in [3.63, 3.8) is 0 Å². The molecule has 2 N–H and O–H groups in total. The highest BCUT2D eigenvalue weighted by molar-refractivity contribution is 9.10. The van der Waals surface area contributed by atoms with Crippen LogP contribution in [0.25, 0.3) is 0 Å². The number of thiophene rings is 1. The number of nitrogens with one attached hydrogen (secondary N) is 1. The molecule has 0 bridgehead atoms. The molecule has 0 fully saturated rings. The van der Waals surface area contributed by atoms with E-state index in [4.69, 9.17) is 9.84 Å². The third kappa shape index (κ3) is 4.11. The summed E-state index contributed by atoms with van der Waals surface area (Å²) in [7, 11) is 1.53. The molecule has 0 aliphatic heterocycles. The van der Waals surface area contributed by atoms with Gasteiger partial charge in [0.25, 0.3) is 5.91 Å². The Balaban J connectivity index is 1.99. The lowest BCUT2D eigenvalue weighted by Gasteiger charge is -2.06. The molecule has 23 heavy (non-hydrogen) atoms. The number of methoxy groups -OCH3 is 1. The summed E-state index contributed by atoms with van der Waals surface area (Å²) in [5, 5.41) is 11.8. The molecule has 7 heteroatoms. The second-order valence-electron chi connectivity index (χ2n) is 4.85. The van der Waals surface area contributed by atoms with Crippen molar-refractivity contribution in [1.29, 1.82) is 0 Å². The number of benzene rings is 1. The van der Waals surface area contributed by atoms with E-state index in [1.165, 1.54) is 18.4 Å². The molecule has 1 aromatic heterocycles. The number of hydrogen-bond donors (Lipinski definition) is 2. The van der Waals surface area contributed by atoms with Crippen molar-refractivity contribution in [3.8, 4) is 5.75 Å². The molecule has 1 heterocycles. The van der Waals surface area contributed by atoms with Crippen LogP contribution in [0.5, 0.6) is 5.75 Å². The van der Waals surface area contributed by atoms with Gasteiger partial charge in [-0.3, -0.25) is 4.79 Å². The Morgan fingerprint density at radius 2 is 2.13 bits per heavy atom. The summed E-state index contributed by atoms with van der Waals surface area (Å²) in [4.78, 5) is 24.7. The predicted molar refractivity (Wildman–Crippen MR) is 92.7 cm³/mol. The maximum Gasteiger partial charge on any atom is 0.335 e. The van der Waals surface area contributed by atoms with Crippen LogP contribution in [0.15, 0.2) is 28.7 Å². The monoisotopic (exact) mass is 397 g/mol. The van der Waals surface area contributed by atoms with Gasteiger partial charge < -0.3 is 15.2 Å². The van der Waals surface area contributed by atoms with E-state index in [2.05, 4.69) is 21.2 Å². The molecule has 0 aliphatic carbocycles. The van der Waals surface area contributed by atoms with Crippen LogP contribution in [0.3, 0.4) is 0 Å². The molecular formula is C16H16BrNO4S. The van der Waals surface area contributed by atoms with Crippen LogP contribution >= 0.6 is 27.3 Å². The minimum atomic E-state index is -0.959. The number of carbonyl (C=O) groups is 2. The van der Waals surface area contributed by atoms with Gasteiger partial charge in [0, 0.05) is 11.4 Å². The molecule has 0 saturated carbocycles. The fourth-order valence-corrected chi connectivity index (χ4v) is 3.76. The number of hydrogen-bond acceptors (Lipinski definition) is 4. The van der Waals surface area contributed by atoms with E-state index in [1.54, 1.807) is 18.2 Å². The number of ether oxygens (including phenoxy) is 1. The van der Waals surface area contributed by atoms with E-state index in [1.807, 2.05) is 13.0 Å². The molecular weight excluding hydrogens is 382 g/mol. The van der Waals surface area contributed by atoms with E-state index in [9.17, 15) is 9.59 Å². The first-order valence-corrected chi connectivity index (χ1v) is 8.48. The predicted octanol–water partition coefficient (Wildman–Crippen LogP) is 3.50. The average Bonchev–Trinajstić information content (AvgIpc) is 2.82. The molecule has 0 aliphatic rings. The summed E-state index contributed by atoms with van der Waals surface area (Å²) in [5.41, 5.74) is 1.11. The maximum absolute atomic E-state index is 12.3. The van der Waals surface area contributed by atoms with Crippen LogP contribution in [-0.2, 0) is 6.42 Å². The Bertz CT molecular complexity index is 742. The average molecular weight is 398 g/mol. The van der Waals surface area contributed by atoms with E-state index in [0.717, 1.165) is 14.9 Å². The molecule has 122 valence electrons. The summed E-state index contributed by atoms with van der Waals surface area (Å²) in [6.07, 6.45) is 0.556. The van der Waals surface area contributed by atoms with Gasteiger partial charge in [-0.05, 0) is 47.0 Å². The third-order valence-electron chi connectivity index (χ3n) is 3.25. The lowest BCUT2D eigenvalue weighted by molar-refractivity contribution is 0.0696. The van der Waals surface area contributed by atoms with Gasteiger partial charge in [0.1, 0.15) is 4.88 Å². The molecule has 0 spiro atoms. The lowest BCUT2D eigenvalue weighted by Crippen LogP contribution is -2.25. The summed E-state index contributed by atoms with van der Waals surface area (Å²) in [5.74, 6) is -0.618. The normalized spacial score (nSPS) is 10.4. The third-order valence-corrected chi connectivity index (χ3v) is 5.56. The maximum atomic E-state index is 12.3. The first kappa shape index (κ1) is 17.5. The molecule has 2 rings (SSSR count). The summed E-state index contributed by atoms with van der Waals surface area (Å²) < 4.78 is 6.06. The minimum Gasteiger partial charge on any atom is -0.494 e. The number of rotatable bonds is 6. The van der Waals surface area contributed by atoms with E-state index >= 15 is 0 Å². The molecule has 0 saturated heterocycles. The number of carboxylic acids is 1. The second kappa shape index (κ2) is 7.61. The minimum absolute atomic E-state index is 0.199. The number of carbonyl (C=O) groups excluding carboxylic acids is 1. The summed E-state index contributed by atoms with van der Waals surface area (Å²) in [6, 6.07) is 6.69. The second-order valence-corrected chi connectivity index (χ2v) is 6.86. The van der Waals surface area contributed by atoms with Gasteiger partial charge in [-0.25, -0.2) is 4.79 Å². The highest BCUT2D eigenvalue weighted by Gasteiger charge is 2.20. The van der Waals surface area contributed by atoms with Gasteiger partial charge in [-0.2, -0.15) is 0 Å². The van der Waals surface area contributed by atoms with Gasteiger partial charge in [-0.1, -0.05) is 12.1 Å². The van der Waals surface area contributed by atoms with Crippen molar-refractivity contribution in [2.45, 2.75) is 13.3 Å². The quantitative estimate of drug-likeness (QED) is 0.781. The fraction of sp³-hybridized carbons (Fsp3) is 0.250. The largest absolute Gasteiger partial charge is 0.494 e. The fourth-order valence-electron chi connectivity index (χ4n) is 2.10. The van der Waals surface area contributed by atoms with Gasteiger partial charge in [0.05, 0.1) is 17.1 Å². The zero-order valence-electron chi connectivity index (χ0n) is 12.7. The number of carboxylic acid groups (broad SMARTS) is 1. The van der Waals surface area contributed by atoms with Crippen LogP contribution in [0.4, 0.5) is 0 Å². The first-order valence-electron chi connectivity index (χ1n) is 6.87. The van der Waals surface area contributed by atoms with E-state index in [0.29, 0.717) is 23.6 Å². The van der Waals surface area contributed by atoms with Crippen molar-refractivity contribution in [2.24, 2.45) is 0 Å². The van der Waals surface area contributed by atoms with E-state index < -0.39 is 5.97 Å². The first-order chi connectivity index (χ1) is 10.9. The standard InChI is InChI=1S/C16H16BrNO4S/c1-9-12(17)13(22-2)14(23-9)15(19)18-7-6-10-4-3-5-11(8-10)16(20)21/h3-5,8H,6-7H2,1-2H3,(H,18,19)(H,20,21). The Morgan fingerprint density at radius 1 is 1.39 bits per heavy atom. The van der Waals surface area contributed by atoms with Crippen LogP contribution in [-0.4, -0.2) is 30.6 Å². The van der Waals surface area contributed by atoms with Crippen molar-refractivity contribution in [3.05, 3.63) is 49.6 Å².